The lowest BCUT2D eigenvalue weighted by Crippen LogP contribution is -2.28. The average molecular weight is 324 g/mol. The fraction of sp³-hybridized carbons (Fsp3) is 0.278. The van der Waals surface area contributed by atoms with Crippen LogP contribution in [0.3, 0.4) is 0 Å². The standard InChI is InChI=1S/C18H20N4O2/c1-14-19-20-17-10-9-15(13-22(14)17)18(23)21(2)11-6-12-24-16-7-4-3-5-8-16/h3-5,7-10,13H,6,11-12H2,1-2H3. The van der Waals surface area contributed by atoms with Crippen molar-refractivity contribution in [2.24, 2.45) is 0 Å². The molecule has 0 N–H and O–H groups in total. The van der Waals surface area contributed by atoms with Gasteiger partial charge >= 0.3 is 0 Å². The number of hydrogen-bond acceptors (Lipinski definition) is 4. The Hall–Kier alpha value is -2.89. The summed E-state index contributed by atoms with van der Waals surface area (Å²) in [5, 5.41) is 8.03. The van der Waals surface area contributed by atoms with Crippen molar-refractivity contribution in [1.29, 1.82) is 0 Å². The van der Waals surface area contributed by atoms with Crippen molar-refractivity contribution in [2.45, 2.75) is 13.3 Å². The second kappa shape index (κ2) is 7.12. The van der Waals surface area contributed by atoms with Gasteiger partial charge in [0, 0.05) is 19.8 Å². The van der Waals surface area contributed by atoms with Crippen LogP contribution >= 0.6 is 0 Å². The van der Waals surface area contributed by atoms with E-state index in [4.69, 9.17) is 4.74 Å². The van der Waals surface area contributed by atoms with Crippen molar-refractivity contribution in [3.8, 4) is 5.75 Å². The molecule has 0 aliphatic carbocycles. The summed E-state index contributed by atoms with van der Waals surface area (Å²) in [5.74, 6) is 1.59. The van der Waals surface area contributed by atoms with Crippen LogP contribution in [0.4, 0.5) is 0 Å². The molecule has 3 aromatic rings. The van der Waals surface area contributed by atoms with Crippen molar-refractivity contribution < 1.29 is 9.53 Å². The largest absolute Gasteiger partial charge is 0.494 e. The summed E-state index contributed by atoms with van der Waals surface area (Å²) in [5.41, 5.74) is 1.36. The van der Waals surface area contributed by atoms with Crippen LogP contribution in [0.5, 0.6) is 5.75 Å². The normalized spacial score (nSPS) is 10.8. The predicted octanol–water partition coefficient (Wildman–Crippen LogP) is 2.58. The maximum atomic E-state index is 12.5. The van der Waals surface area contributed by atoms with Gasteiger partial charge in [0.1, 0.15) is 11.6 Å². The molecule has 0 aliphatic rings. The third-order valence-corrected chi connectivity index (χ3v) is 3.82. The Kier molecular flexibility index (Phi) is 4.74. The van der Waals surface area contributed by atoms with E-state index < -0.39 is 0 Å². The number of amides is 1. The zero-order valence-corrected chi connectivity index (χ0v) is 13.8. The zero-order valence-electron chi connectivity index (χ0n) is 13.8. The van der Waals surface area contributed by atoms with Gasteiger partial charge in [-0.1, -0.05) is 18.2 Å². The summed E-state index contributed by atoms with van der Waals surface area (Å²) in [6.07, 6.45) is 2.55. The Labute approximate surface area is 140 Å². The Morgan fingerprint density at radius 3 is 2.75 bits per heavy atom. The molecule has 0 unspecified atom stereocenters. The van der Waals surface area contributed by atoms with Crippen LogP contribution in [0.25, 0.3) is 5.65 Å². The number of nitrogens with zero attached hydrogens (tertiary/aromatic N) is 4. The molecule has 0 fully saturated rings. The summed E-state index contributed by atoms with van der Waals surface area (Å²) in [6, 6.07) is 13.3. The fourth-order valence-corrected chi connectivity index (χ4v) is 2.46. The Bertz CT molecular complexity index is 829. The summed E-state index contributed by atoms with van der Waals surface area (Å²) < 4.78 is 7.47. The Morgan fingerprint density at radius 2 is 1.96 bits per heavy atom. The van der Waals surface area contributed by atoms with Crippen LogP contribution in [-0.2, 0) is 0 Å². The van der Waals surface area contributed by atoms with Gasteiger partial charge in [-0.2, -0.15) is 0 Å². The number of benzene rings is 1. The first-order valence-corrected chi connectivity index (χ1v) is 7.90. The van der Waals surface area contributed by atoms with E-state index in [9.17, 15) is 4.79 Å². The molecule has 0 saturated carbocycles. The number of aromatic nitrogens is 3. The highest BCUT2D eigenvalue weighted by Crippen LogP contribution is 2.10. The van der Waals surface area contributed by atoms with Crippen molar-refractivity contribution in [3.05, 3.63) is 60.0 Å². The van der Waals surface area contributed by atoms with Crippen LogP contribution in [0, 0.1) is 6.92 Å². The van der Waals surface area contributed by atoms with E-state index in [1.807, 2.05) is 41.7 Å². The molecule has 6 nitrogen and oxygen atoms in total. The molecule has 3 rings (SSSR count). The van der Waals surface area contributed by atoms with Crippen LogP contribution in [0.15, 0.2) is 48.7 Å². The first-order chi connectivity index (χ1) is 11.6. The second-order valence-corrected chi connectivity index (χ2v) is 5.63. The second-order valence-electron chi connectivity index (χ2n) is 5.63. The minimum atomic E-state index is -0.0234. The van der Waals surface area contributed by atoms with Gasteiger partial charge in [0.05, 0.1) is 12.2 Å². The summed E-state index contributed by atoms with van der Waals surface area (Å²) >= 11 is 0. The predicted molar refractivity (Wildman–Crippen MR) is 91.2 cm³/mol. The maximum absolute atomic E-state index is 12.5. The SMILES string of the molecule is Cc1nnc2ccc(C(=O)N(C)CCCOc3ccccc3)cn12. The molecule has 0 atom stereocenters. The third kappa shape index (κ3) is 3.53. The monoisotopic (exact) mass is 324 g/mol. The summed E-state index contributed by atoms with van der Waals surface area (Å²) in [4.78, 5) is 14.2. The summed E-state index contributed by atoms with van der Waals surface area (Å²) in [6.45, 7) is 3.06. The van der Waals surface area contributed by atoms with Crippen molar-refractivity contribution in [1.82, 2.24) is 19.5 Å². The van der Waals surface area contributed by atoms with Gasteiger partial charge in [-0.15, -0.1) is 10.2 Å². The highest BCUT2D eigenvalue weighted by atomic mass is 16.5. The van der Waals surface area contributed by atoms with Crippen molar-refractivity contribution in [2.75, 3.05) is 20.2 Å². The fourth-order valence-electron chi connectivity index (χ4n) is 2.46. The van der Waals surface area contributed by atoms with E-state index in [0.717, 1.165) is 23.6 Å². The van der Waals surface area contributed by atoms with Crippen LogP contribution in [0.1, 0.15) is 22.6 Å². The molecule has 2 heterocycles. The van der Waals surface area contributed by atoms with E-state index in [0.29, 0.717) is 18.7 Å². The van der Waals surface area contributed by atoms with Gasteiger partial charge in [-0.3, -0.25) is 9.20 Å². The van der Waals surface area contributed by atoms with E-state index in [1.165, 1.54) is 0 Å². The van der Waals surface area contributed by atoms with Gasteiger partial charge < -0.3 is 9.64 Å². The van der Waals surface area contributed by atoms with Gasteiger partial charge in [0.15, 0.2) is 5.65 Å². The number of carbonyl (C=O) groups is 1. The average Bonchev–Trinajstić information content (AvgIpc) is 2.99. The van der Waals surface area contributed by atoms with Crippen LogP contribution < -0.4 is 4.74 Å². The van der Waals surface area contributed by atoms with Gasteiger partial charge in [-0.05, 0) is 37.6 Å². The molecule has 124 valence electrons. The molecule has 0 aliphatic heterocycles. The van der Waals surface area contributed by atoms with Crippen LogP contribution in [-0.4, -0.2) is 45.6 Å². The lowest BCUT2D eigenvalue weighted by molar-refractivity contribution is 0.0787. The maximum Gasteiger partial charge on any atom is 0.255 e. The van der Waals surface area contributed by atoms with Gasteiger partial charge in [0.25, 0.3) is 5.91 Å². The molecule has 0 spiro atoms. The molecule has 24 heavy (non-hydrogen) atoms. The molecule has 0 bridgehead atoms. The number of carbonyl (C=O) groups excluding carboxylic acids is 1. The first-order valence-electron chi connectivity index (χ1n) is 7.90. The summed E-state index contributed by atoms with van der Waals surface area (Å²) in [7, 11) is 1.80. The number of para-hydroxylation sites is 1. The van der Waals surface area contributed by atoms with Crippen LogP contribution in [0.2, 0.25) is 0 Å². The molecule has 1 aromatic carbocycles. The molecule has 0 saturated heterocycles. The van der Waals surface area contributed by atoms with Crippen molar-refractivity contribution in [3.63, 3.8) is 0 Å². The Balaban J connectivity index is 1.54. The number of rotatable bonds is 6. The lowest BCUT2D eigenvalue weighted by atomic mass is 10.2. The van der Waals surface area contributed by atoms with Gasteiger partial charge in [-0.25, -0.2) is 0 Å². The minimum absolute atomic E-state index is 0.0234. The molecular weight excluding hydrogens is 304 g/mol. The van der Waals surface area contributed by atoms with E-state index in [1.54, 1.807) is 30.3 Å². The molecule has 0 radical (unpaired) electrons. The van der Waals surface area contributed by atoms with Gasteiger partial charge in [0.2, 0.25) is 0 Å². The molecule has 6 heteroatoms. The molecular formula is C18H20N4O2. The third-order valence-electron chi connectivity index (χ3n) is 3.82. The first kappa shape index (κ1) is 16.0. The quantitative estimate of drug-likeness (QED) is 0.654. The number of aryl methyl sites for hydroxylation is 1. The highest BCUT2D eigenvalue weighted by molar-refractivity contribution is 5.94. The minimum Gasteiger partial charge on any atom is -0.494 e. The molecule has 2 aromatic heterocycles. The lowest BCUT2D eigenvalue weighted by Gasteiger charge is -2.17. The van der Waals surface area contributed by atoms with E-state index >= 15 is 0 Å². The van der Waals surface area contributed by atoms with Crippen molar-refractivity contribution >= 4 is 11.6 Å². The molecule has 1 amide bonds. The van der Waals surface area contributed by atoms with E-state index in [-0.39, 0.29) is 5.91 Å². The zero-order chi connectivity index (χ0) is 16.9. The highest BCUT2D eigenvalue weighted by Gasteiger charge is 2.13. The van der Waals surface area contributed by atoms with E-state index in [2.05, 4.69) is 10.2 Å². The number of fused-ring (bicyclic) bond motifs is 1. The number of ether oxygens (including phenoxy) is 1. The topological polar surface area (TPSA) is 59.7 Å². The number of pyridine rings is 1. The Morgan fingerprint density at radius 1 is 1.17 bits per heavy atom. The smallest absolute Gasteiger partial charge is 0.255 e. The number of hydrogen-bond donors (Lipinski definition) is 0.